The van der Waals surface area contributed by atoms with Gasteiger partial charge in [-0.15, -0.1) is 0 Å². The number of halogens is 1. The lowest BCUT2D eigenvalue weighted by Crippen LogP contribution is -2.33. The highest BCUT2D eigenvalue weighted by atomic mass is 79.9. The molecule has 1 aliphatic rings. The first kappa shape index (κ1) is 20.1. The molecule has 4 heteroatoms. The van der Waals surface area contributed by atoms with Gasteiger partial charge in [0.2, 0.25) is 0 Å². The quantitative estimate of drug-likeness (QED) is 0.446. The smallest absolute Gasteiger partial charge is 0.182 e. The highest BCUT2D eigenvalue weighted by molar-refractivity contribution is 9.11. The number of rotatable bonds is 3. The second kappa shape index (κ2) is 7.92. The van der Waals surface area contributed by atoms with Crippen molar-refractivity contribution in [3.05, 3.63) is 106 Å². The first-order valence-corrected chi connectivity index (χ1v) is 12.1. The van der Waals surface area contributed by atoms with Crippen LogP contribution in [0.1, 0.15) is 40.2 Å². The van der Waals surface area contributed by atoms with Gasteiger partial charge in [-0.25, -0.2) is 8.42 Å². The molecule has 0 spiro atoms. The van der Waals surface area contributed by atoms with Crippen LogP contribution >= 0.6 is 15.9 Å². The Morgan fingerprint density at radius 1 is 0.862 bits per heavy atom. The summed E-state index contributed by atoms with van der Waals surface area (Å²) in [7, 11) is -3.53. The summed E-state index contributed by atoms with van der Waals surface area (Å²) >= 11 is 3.47. The van der Waals surface area contributed by atoms with Crippen LogP contribution in [0, 0.1) is 13.8 Å². The molecule has 3 aromatic carbocycles. The largest absolute Gasteiger partial charge is 0.223 e. The highest BCUT2D eigenvalue weighted by Crippen LogP contribution is 2.46. The number of benzene rings is 3. The van der Waals surface area contributed by atoms with Gasteiger partial charge in [0.25, 0.3) is 0 Å². The normalized spacial score (nSPS) is 20.4. The molecule has 0 heterocycles. The van der Waals surface area contributed by atoms with Crippen molar-refractivity contribution in [1.82, 2.24) is 0 Å². The maximum absolute atomic E-state index is 13.8. The molecule has 2 atom stereocenters. The van der Waals surface area contributed by atoms with Gasteiger partial charge in [0.05, 0.1) is 10.1 Å². The number of allylic oxidation sites excluding steroid dienone is 1. The molecule has 0 saturated carbocycles. The number of aryl methyl sites for hydroxylation is 2. The third-order valence-electron chi connectivity index (χ3n) is 5.75. The summed E-state index contributed by atoms with van der Waals surface area (Å²) in [5, 5.41) is -0.563. The lowest BCUT2D eigenvalue weighted by molar-refractivity contribution is 0.564. The molecule has 0 aliphatic heterocycles. The van der Waals surface area contributed by atoms with E-state index >= 15 is 0 Å². The summed E-state index contributed by atoms with van der Waals surface area (Å²) in [5.74, 6) is -0.214. The van der Waals surface area contributed by atoms with Crippen molar-refractivity contribution in [2.45, 2.75) is 36.3 Å². The van der Waals surface area contributed by atoms with Crippen LogP contribution < -0.4 is 0 Å². The molecule has 148 valence electrons. The third kappa shape index (κ3) is 3.72. The highest BCUT2D eigenvalue weighted by Gasteiger charge is 2.41. The molecule has 0 fully saturated rings. The lowest BCUT2D eigenvalue weighted by Gasteiger charge is -2.35. The van der Waals surface area contributed by atoms with Crippen LogP contribution in [0.4, 0.5) is 0 Å². The fourth-order valence-corrected chi connectivity index (χ4v) is 6.53. The van der Waals surface area contributed by atoms with Gasteiger partial charge in [-0.3, -0.25) is 0 Å². The Morgan fingerprint density at radius 3 is 2.07 bits per heavy atom. The van der Waals surface area contributed by atoms with Crippen molar-refractivity contribution in [3.8, 4) is 0 Å². The summed E-state index contributed by atoms with van der Waals surface area (Å²) < 4.78 is 27.6. The average molecular weight is 467 g/mol. The van der Waals surface area contributed by atoms with Gasteiger partial charge in [-0.05, 0) is 59.6 Å². The van der Waals surface area contributed by atoms with Crippen molar-refractivity contribution >= 4 is 31.3 Å². The minimum Gasteiger partial charge on any atom is -0.223 e. The molecule has 2 nitrogen and oxygen atoms in total. The van der Waals surface area contributed by atoms with Gasteiger partial charge in [0, 0.05) is 5.92 Å². The zero-order valence-electron chi connectivity index (χ0n) is 16.5. The Bertz CT molecular complexity index is 1160. The fourth-order valence-electron chi connectivity index (χ4n) is 4.17. The summed E-state index contributed by atoms with van der Waals surface area (Å²) in [4.78, 5) is 2.26. The van der Waals surface area contributed by atoms with Crippen LogP contribution in [-0.2, 0) is 9.84 Å². The van der Waals surface area contributed by atoms with E-state index in [-0.39, 0.29) is 5.92 Å². The molecule has 1 aliphatic carbocycles. The molecule has 29 heavy (non-hydrogen) atoms. The number of fused-ring (bicyclic) bond motifs is 1. The van der Waals surface area contributed by atoms with Crippen LogP contribution in [0.5, 0.6) is 0 Å². The number of hydrogen-bond acceptors (Lipinski definition) is 2. The van der Waals surface area contributed by atoms with Crippen LogP contribution in [-0.4, -0.2) is 13.7 Å². The Labute approximate surface area is 181 Å². The van der Waals surface area contributed by atoms with Gasteiger partial charge in [-0.1, -0.05) is 87.7 Å². The van der Waals surface area contributed by atoms with E-state index in [1.807, 2.05) is 43.1 Å². The standard InChI is InChI=1S/C25H23BrO2S/c1-17-7-11-19(12-8-17)25-23-6-4-3-5-22(23)20(16-26)15-24(25)29(27,28)21-13-9-18(2)10-14-21/h3-14,16,24-25H,15H2,1-2H3/b20-16+/t24-,25-/m0/s1. The Kier molecular flexibility index (Phi) is 5.50. The lowest BCUT2D eigenvalue weighted by atomic mass is 9.76. The zero-order valence-corrected chi connectivity index (χ0v) is 18.9. The average Bonchev–Trinajstić information content (AvgIpc) is 2.73. The van der Waals surface area contributed by atoms with E-state index in [0.29, 0.717) is 11.3 Å². The molecule has 0 bridgehead atoms. The molecule has 0 radical (unpaired) electrons. The van der Waals surface area contributed by atoms with Gasteiger partial charge in [0.1, 0.15) is 0 Å². The van der Waals surface area contributed by atoms with Crippen molar-refractivity contribution in [2.75, 3.05) is 0 Å². The molecule has 4 rings (SSSR count). The topological polar surface area (TPSA) is 34.1 Å². The van der Waals surface area contributed by atoms with Gasteiger partial charge >= 0.3 is 0 Å². The number of hydrogen-bond donors (Lipinski definition) is 0. The molecule has 0 unspecified atom stereocenters. The molecular formula is C25H23BrO2S. The van der Waals surface area contributed by atoms with Crippen molar-refractivity contribution < 1.29 is 8.42 Å². The maximum atomic E-state index is 13.8. The van der Waals surface area contributed by atoms with Crippen LogP contribution in [0.2, 0.25) is 0 Å². The first-order valence-electron chi connectivity index (χ1n) is 9.67. The number of sulfone groups is 1. The van der Waals surface area contributed by atoms with Crippen LogP contribution in [0.15, 0.2) is 82.7 Å². The SMILES string of the molecule is Cc1ccc([C@H]2c3ccccc3/C(=C/Br)C[C@@H]2S(=O)(=O)c2ccc(C)cc2)cc1. The summed E-state index contributed by atoms with van der Waals surface area (Å²) in [6, 6.07) is 23.6. The van der Waals surface area contributed by atoms with Gasteiger partial charge < -0.3 is 0 Å². The van der Waals surface area contributed by atoms with Crippen LogP contribution in [0.25, 0.3) is 5.57 Å². The van der Waals surface area contributed by atoms with E-state index in [1.165, 1.54) is 0 Å². The van der Waals surface area contributed by atoms with E-state index in [1.54, 1.807) is 12.1 Å². The summed E-state index contributed by atoms with van der Waals surface area (Å²) in [6.45, 7) is 4.01. The predicted octanol–water partition coefficient (Wildman–Crippen LogP) is 6.42. The van der Waals surface area contributed by atoms with Crippen LogP contribution in [0.3, 0.4) is 0 Å². The first-order chi connectivity index (χ1) is 13.9. The van der Waals surface area contributed by atoms with E-state index in [4.69, 9.17) is 0 Å². The minimum absolute atomic E-state index is 0.214. The molecule has 0 aromatic heterocycles. The Hall–Kier alpha value is -2.17. The zero-order chi connectivity index (χ0) is 20.6. The maximum Gasteiger partial charge on any atom is 0.182 e. The molecular weight excluding hydrogens is 444 g/mol. The predicted molar refractivity (Wildman–Crippen MR) is 123 cm³/mol. The molecule has 0 saturated heterocycles. The molecule has 0 amide bonds. The van der Waals surface area contributed by atoms with E-state index in [0.717, 1.165) is 33.4 Å². The Morgan fingerprint density at radius 2 is 1.45 bits per heavy atom. The Balaban J connectivity index is 1.93. The second-order valence-corrected chi connectivity index (χ2v) is 10.3. The fraction of sp³-hybridized carbons (Fsp3) is 0.200. The van der Waals surface area contributed by atoms with E-state index in [2.05, 4.69) is 52.3 Å². The van der Waals surface area contributed by atoms with E-state index in [9.17, 15) is 8.42 Å². The van der Waals surface area contributed by atoms with E-state index < -0.39 is 15.1 Å². The summed E-state index contributed by atoms with van der Waals surface area (Å²) in [6.07, 6.45) is 0.469. The molecule has 3 aromatic rings. The van der Waals surface area contributed by atoms with Gasteiger partial charge in [-0.2, -0.15) is 0 Å². The van der Waals surface area contributed by atoms with Crippen molar-refractivity contribution in [1.29, 1.82) is 0 Å². The monoisotopic (exact) mass is 466 g/mol. The summed E-state index contributed by atoms with van der Waals surface area (Å²) in [5.41, 5.74) is 6.45. The second-order valence-electron chi connectivity index (χ2n) is 7.71. The van der Waals surface area contributed by atoms with Crippen molar-refractivity contribution in [2.24, 2.45) is 0 Å². The molecule has 0 N–H and O–H groups in total. The minimum atomic E-state index is -3.53. The van der Waals surface area contributed by atoms with Crippen molar-refractivity contribution in [3.63, 3.8) is 0 Å². The van der Waals surface area contributed by atoms with Gasteiger partial charge in [0.15, 0.2) is 9.84 Å². The third-order valence-corrected chi connectivity index (χ3v) is 8.47.